The summed E-state index contributed by atoms with van der Waals surface area (Å²) in [5.41, 5.74) is 1.10. The van der Waals surface area contributed by atoms with Crippen LogP contribution in [0.15, 0.2) is 29.6 Å². The highest BCUT2D eigenvalue weighted by molar-refractivity contribution is 5.77. The number of hydrogen-bond donors (Lipinski definition) is 1. The van der Waals surface area contributed by atoms with Gasteiger partial charge < -0.3 is 10.2 Å². The van der Waals surface area contributed by atoms with Gasteiger partial charge in [0.1, 0.15) is 6.54 Å². The predicted octanol–water partition coefficient (Wildman–Crippen LogP) is -0.0270. The molecular formula is C15H18N6O2. The Morgan fingerprint density at radius 1 is 1.26 bits per heavy atom. The second-order valence-electron chi connectivity index (χ2n) is 5.60. The van der Waals surface area contributed by atoms with Crippen LogP contribution in [-0.2, 0) is 11.3 Å². The molecule has 0 spiro atoms. The first-order valence-corrected chi connectivity index (χ1v) is 7.38. The third kappa shape index (κ3) is 3.20. The summed E-state index contributed by atoms with van der Waals surface area (Å²) in [6.07, 6.45) is 4.75. The summed E-state index contributed by atoms with van der Waals surface area (Å²) < 4.78 is 1.35. The van der Waals surface area contributed by atoms with Crippen LogP contribution >= 0.6 is 0 Å². The molecule has 1 aliphatic rings. The average molecular weight is 314 g/mol. The van der Waals surface area contributed by atoms with Crippen LogP contribution < -0.4 is 10.9 Å². The summed E-state index contributed by atoms with van der Waals surface area (Å²) in [6, 6.07) is 1.88. The van der Waals surface area contributed by atoms with Crippen LogP contribution in [0.25, 0.3) is 0 Å². The molecule has 23 heavy (non-hydrogen) atoms. The predicted molar refractivity (Wildman–Crippen MR) is 84.0 cm³/mol. The van der Waals surface area contributed by atoms with Gasteiger partial charge in [-0.25, -0.2) is 15.0 Å². The van der Waals surface area contributed by atoms with Gasteiger partial charge in [-0.2, -0.15) is 0 Å². The first kappa shape index (κ1) is 15.1. The molecule has 3 heterocycles. The highest BCUT2D eigenvalue weighted by Gasteiger charge is 2.31. The molecule has 0 radical (unpaired) electrons. The lowest BCUT2D eigenvalue weighted by Gasteiger charge is -2.39. The number of nitrogens with one attached hydrogen (secondary N) is 1. The smallest absolute Gasteiger partial charge is 0.256 e. The molecule has 120 valence electrons. The molecule has 3 rings (SSSR count). The molecule has 8 heteroatoms. The standard InChI is InChI=1S/C15H18N6O2/c1-10-11(2)18-9-21(14(10)23)8-13(22)20-6-12(7-20)19-15-16-4-3-5-17-15/h3-5,9,12H,6-8H2,1-2H3,(H,16,17,19). The van der Waals surface area contributed by atoms with Crippen LogP contribution in [0, 0.1) is 13.8 Å². The Hall–Kier alpha value is -2.77. The summed E-state index contributed by atoms with van der Waals surface area (Å²) >= 11 is 0. The summed E-state index contributed by atoms with van der Waals surface area (Å²) in [7, 11) is 0. The lowest BCUT2D eigenvalue weighted by Crippen LogP contribution is -2.58. The maximum absolute atomic E-state index is 12.2. The topological polar surface area (TPSA) is 93.0 Å². The Bertz CT molecular complexity index is 767. The largest absolute Gasteiger partial charge is 0.348 e. The van der Waals surface area contributed by atoms with Gasteiger partial charge in [0.15, 0.2) is 0 Å². The van der Waals surface area contributed by atoms with Gasteiger partial charge in [-0.15, -0.1) is 0 Å². The van der Waals surface area contributed by atoms with E-state index < -0.39 is 0 Å². The van der Waals surface area contributed by atoms with Gasteiger partial charge in [0.05, 0.1) is 12.4 Å². The fourth-order valence-corrected chi connectivity index (χ4v) is 2.36. The van der Waals surface area contributed by atoms with Gasteiger partial charge >= 0.3 is 0 Å². The Balaban J connectivity index is 1.55. The van der Waals surface area contributed by atoms with Crippen LogP contribution in [0.4, 0.5) is 5.95 Å². The number of anilines is 1. The molecule has 1 fully saturated rings. The molecule has 0 aliphatic carbocycles. The van der Waals surface area contributed by atoms with E-state index in [0.717, 1.165) is 0 Å². The molecule has 1 N–H and O–H groups in total. The van der Waals surface area contributed by atoms with E-state index in [1.807, 2.05) is 0 Å². The molecule has 0 aromatic carbocycles. The fraction of sp³-hybridized carbons (Fsp3) is 0.400. The van der Waals surface area contributed by atoms with Crippen molar-refractivity contribution < 1.29 is 4.79 Å². The fourth-order valence-electron chi connectivity index (χ4n) is 2.36. The number of hydrogen-bond acceptors (Lipinski definition) is 6. The van der Waals surface area contributed by atoms with Gasteiger partial charge in [-0.05, 0) is 19.9 Å². The van der Waals surface area contributed by atoms with E-state index in [-0.39, 0.29) is 24.1 Å². The highest BCUT2D eigenvalue weighted by Crippen LogP contribution is 2.12. The summed E-state index contributed by atoms with van der Waals surface area (Å²) in [5, 5.41) is 3.16. The second kappa shape index (κ2) is 6.15. The zero-order valence-corrected chi connectivity index (χ0v) is 13.1. The Morgan fingerprint density at radius 3 is 2.65 bits per heavy atom. The van der Waals surface area contributed by atoms with Crippen molar-refractivity contribution in [3.8, 4) is 0 Å². The Labute approximate surface area is 133 Å². The van der Waals surface area contributed by atoms with Crippen molar-refractivity contribution in [2.45, 2.75) is 26.4 Å². The van der Waals surface area contributed by atoms with Crippen molar-refractivity contribution in [2.75, 3.05) is 18.4 Å². The molecule has 1 aliphatic heterocycles. The number of aromatic nitrogens is 4. The summed E-state index contributed by atoms with van der Waals surface area (Å²) in [5.74, 6) is 0.461. The van der Waals surface area contributed by atoms with Crippen molar-refractivity contribution in [1.29, 1.82) is 0 Å². The van der Waals surface area contributed by atoms with Crippen molar-refractivity contribution in [3.05, 3.63) is 46.4 Å². The van der Waals surface area contributed by atoms with Crippen LogP contribution in [0.1, 0.15) is 11.3 Å². The minimum absolute atomic E-state index is 0.0154. The van der Waals surface area contributed by atoms with E-state index in [1.54, 1.807) is 37.2 Å². The van der Waals surface area contributed by atoms with Crippen molar-refractivity contribution in [1.82, 2.24) is 24.4 Å². The zero-order chi connectivity index (χ0) is 16.4. The van der Waals surface area contributed by atoms with Crippen molar-refractivity contribution in [3.63, 3.8) is 0 Å². The SMILES string of the molecule is Cc1ncn(CC(=O)N2CC(Nc3ncccn3)C2)c(=O)c1C. The van der Waals surface area contributed by atoms with Gasteiger partial charge in [0.25, 0.3) is 5.56 Å². The Kier molecular flexibility index (Phi) is 4.05. The third-order valence-electron chi connectivity index (χ3n) is 3.95. The lowest BCUT2D eigenvalue weighted by atomic mass is 10.1. The molecule has 0 saturated carbocycles. The summed E-state index contributed by atoms with van der Waals surface area (Å²) in [6.45, 7) is 4.66. The molecule has 1 saturated heterocycles. The van der Waals surface area contributed by atoms with Gasteiger partial charge in [-0.3, -0.25) is 14.2 Å². The average Bonchev–Trinajstić information content (AvgIpc) is 2.52. The van der Waals surface area contributed by atoms with E-state index in [2.05, 4.69) is 20.3 Å². The quantitative estimate of drug-likeness (QED) is 0.852. The molecule has 8 nitrogen and oxygen atoms in total. The first-order valence-electron chi connectivity index (χ1n) is 7.38. The molecule has 2 aromatic heterocycles. The molecule has 0 bridgehead atoms. The number of likely N-dealkylation sites (tertiary alicyclic amines) is 1. The minimum Gasteiger partial charge on any atom is -0.348 e. The van der Waals surface area contributed by atoms with Crippen LogP contribution in [0.2, 0.25) is 0 Å². The zero-order valence-electron chi connectivity index (χ0n) is 13.1. The number of nitrogens with zero attached hydrogens (tertiary/aromatic N) is 5. The molecule has 2 aromatic rings. The van der Waals surface area contributed by atoms with Crippen LogP contribution in [-0.4, -0.2) is 49.5 Å². The minimum atomic E-state index is -0.168. The van der Waals surface area contributed by atoms with Crippen LogP contribution in [0.3, 0.4) is 0 Å². The van der Waals surface area contributed by atoms with Gasteiger partial charge in [0.2, 0.25) is 11.9 Å². The first-order chi connectivity index (χ1) is 11.0. The number of carbonyl (C=O) groups is 1. The maximum Gasteiger partial charge on any atom is 0.256 e. The van der Waals surface area contributed by atoms with Crippen molar-refractivity contribution in [2.24, 2.45) is 0 Å². The van der Waals surface area contributed by atoms with Crippen LogP contribution in [0.5, 0.6) is 0 Å². The molecule has 0 atom stereocenters. The molecule has 0 unspecified atom stereocenters. The number of aryl methyl sites for hydroxylation is 1. The second-order valence-corrected chi connectivity index (χ2v) is 5.60. The van der Waals surface area contributed by atoms with Crippen molar-refractivity contribution >= 4 is 11.9 Å². The number of amides is 1. The third-order valence-corrected chi connectivity index (χ3v) is 3.95. The normalized spacial score (nSPS) is 14.4. The lowest BCUT2D eigenvalue weighted by molar-refractivity contribution is -0.135. The summed E-state index contributed by atoms with van der Waals surface area (Å²) in [4.78, 5) is 38.3. The van der Waals surface area contributed by atoms with Gasteiger partial charge in [-0.1, -0.05) is 0 Å². The van der Waals surface area contributed by atoms with E-state index in [9.17, 15) is 9.59 Å². The van der Waals surface area contributed by atoms with E-state index in [0.29, 0.717) is 30.3 Å². The highest BCUT2D eigenvalue weighted by atomic mass is 16.2. The molecule has 1 amide bonds. The van der Waals surface area contributed by atoms with E-state index in [4.69, 9.17) is 0 Å². The maximum atomic E-state index is 12.2. The number of carbonyl (C=O) groups excluding carboxylic acids is 1. The monoisotopic (exact) mass is 314 g/mol. The Morgan fingerprint density at radius 2 is 1.96 bits per heavy atom. The van der Waals surface area contributed by atoms with Gasteiger partial charge in [0, 0.05) is 36.7 Å². The van der Waals surface area contributed by atoms with E-state index >= 15 is 0 Å². The molecular weight excluding hydrogens is 296 g/mol. The number of rotatable bonds is 4. The van der Waals surface area contributed by atoms with E-state index in [1.165, 1.54) is 10.9 Å².